The maximum absolute atomic E-state index is 5.99. The van der Waals surface area contributed by atoms with Gasteiger partial charge in [0.15, 0.2) is 5.96 Å². The number of hydrogen-bond donors (Lipinski definition) is 1. The molecule has 1 atom stereocenters. The molecule has 2 heterocycles. The van der Waals surface area contributed by atoms with Crippen LogP contribution < -0.4 is 5.32 Å². The van der Waals surface area contributed by atoms with Gasteiger partial charge < -0.3 is 15.0 Å². The number of nitrogens with one attached hydrogen (secondary N) is 1. The van der Waals surface area contributed by atoms with E-state index in [1.54, 1.807) is 0 Å². The summed E-state index contributed by atoms with van der Waals surface area (Å²) in [5.74, 6) is 1.00. The van der Waals surface area contributed by atoms with Crippen LogP contribution in [0.5, 0.6) is 0 Å². The van der Waals surface area contributed by atoms with Gasteiger partial charge in [-0.15, -0.1) is 24.0 Å². The van der Waals surface area contributed by atoms with Gasteiger partial charge in [-0.2, -0.15) is 0 Å². The molecule has 0 saturated carbocycles. The summed E-state index contributed by atoms with van der Waals surface area (Å²) in [6.45, 7) is 6.65. The highest BCUT2D eigenvalue weighted by Gasteiger charge is 2.20. The van der Waals surface area contributed by atoms with Crippen LogP contribution in [0, 0.1) is 0 Å². The Kier molecular flexibility index (Phi) is 7.58. The highest BCUT2D eigenvalue weighted by atomic mass is 127. The van der Waals surface area contributed by atoms with Gasteiger partial charge in [0, 0.05) is 46.4 Å². The minimum absolute atomic E-state index is 0. The fraction of sp³-hybridized carbons (Fsp3) is 0.588. The Morgan fingerprint density at radius 1 is 1.26 bits per heavy atom. The number of ether oxygens (including phenoxy) is 1. The van der Waals surface area contributed by atoms with Crippen LogP contribution in [0.15, 0.2) is 35.3 Å². The number of aliphatic imine (C=N–C) groups is 1. The van der Waals surface area contributed by atoms with Gasteiger partial charge in [-0.1, -0.05) is 30.3 Å². The molecule has 1 saturated heterocycles. The standard InChI is InChI=1S/C17H26N4O.HI/c1-20-10-8-18-17(20)19-12-16-14-21(9-5-11-22-16)13-15-6-3-2-4-7-15;/h2-4,6-7,16H,5,8-14H2,1H3,(H,18,19);1H. The lowest BCUT2D eigenvalue weighted by Crippen LogP contribution is -2.43. The molecule has 2 aliphatic rings. The quantitative estimate of drug-likeness (QED) is 0.740. The first-order valence-corrected chi connectivity index (χ1v) is 8.18. The summed E-state index contributed by atoms with van der Waals surface area (Å²) in [6, 6.07) is 10.7. The molecule has 3 rings (SSSR count). The molecular weight excluding hydrogens is 403 g/mol. The van der Waals surface area contributed by atoms with Gasteiger partial charge in [-0.3, -0.25) is 9.89 Å². The Morgan fingerprint density at radius 3 is 2.83 bits per heavy atom. The number of halogens is 1. The van der Waals surface area contributed by atoms with Crippen LogP contribution in [-0.4, -0.2) is 68.2 Å². The SMILES string of the molecule is CN1CCN=C1NCC1CN(Cc2ccccc2)CCCO1.I. The fourth-order valence-electron chi connectivity index (χ4n) is 3.01. The first-order chi connectivity index (χ1) is 10.8. The average Bonchev–Trinajstić information content (AvgIpc) is 2.81. The topological polar surface area (TPSA) is 40.1 Å². The van der Waals surface area contributed by atoms with Crippen molar-refractivity contribution < 1.29 is 4.74 Å². The first-order valence-electron chi connectivity index (χ1n) is 8.18. The number of nitrogens with zero attached hydrogens (tertiary/aromatic N) is 3. The molecule has 23 heavy (non-hydrogen) atoms. The van der Waals surface area contributed by atoms with Gasteiger partial charge >= 0.3 is 0 Å². The molecule has 0 bridgehead atoms. The summed E-state index contributed by atoms with van der Waals surface area (Å²) >= 11 is 0. The molecule has 1 fully saturated rings. The van der Waals surface area contributed by atoms with E-state index in [-0.39, 0.29) is 30.1 Å². The van der Waals surface area contributed by atoms with E-state index in [0.29, 0.717) is 0 Å². The maximum atomic E-state index is 5.99. The molecule has 1 aromatic carbocycles. The summed E-state index contributed by atoms with van der Waals surface area (Å²) < 4.78 is 5.99. The zero-order chi connectivity index (χ0) is 15.2. The van der Waals surface area contributed by atoms with Gasteiger partial charge in [0.2, 0.25) is 0 Å². The van der Waals surface area contributed by atoms with E-state index in [4.69, 9.17) is 4.74 Å². The Labute approximate surface area is 156 Å². The Morgan fingerprint density at radius 2 is 2.09 bits per heavy atom. The van der Waals surface area contributed by atoms with Crippen LogP contribution in [0.25, 0.3) is 0 Å². The van der Waals surface area contributed by atoms with Crippen LogP contribution in [0.2, 0.25) is 0 Å². The molecule has 1 N–H and O–H groups in total. The predicted molar refractivity (Wildman–Crippen MR) is 104 cm³/mol. The molecule has 1 unspecified atom stereocenters. The van der Waals surface area contributed by atoms with Gasteiger partial charge in [-0.05, 0) is 12.0 Å². The van der Waals surface area contributed by atoms with E-state index in [1.165, 1.54) is 5.56 Å². The lowest BCUT2D eigenvalue weighted by atomic mass is 10.2. The van der Waals surface area contributed by atoms with Gasteiger partial charge in [-0.25, -0.2) is 0 Å². The molecule has 1 aromatic rings. The lowest BCUT2D eigenvalue weighted by Gasteiger charge is -2.25. The van der Waals surface area contributed by atoms with Crippen molar-refractivity contribution in [3.05, 3.63) is 35.9 Å². The largest absolute Gasteiger partial charge is 0.375 e. The molecule has 2 aliphatic heterocycles. The van der Waals surface area contributed by atoms with E-state index in [2.05, 4.69) is 57.5 Å². The molecule has 128 valence electrons. The van der Waals surface area contributed by atoms with E-state index in [0.717, 1.165) is 58.3 Å². The summed E-state index contributed by atoms with van der Waals surface area (Å²) in [5, 5.41) is 3.44. The van der Waals surface area contributed by atoms with Crippen LogP contribution in [0.3, 0.4) is 0 Å². The van der Waals surface area contributed by atoms with Crippen LogP contribution in [0.4, 0.5) is 0 Å². The zero-order valence-electron chi connectivity index (χ0n) is 13.8. The molecule has 5 nitrogen and oxygen atoms in total. The summed E-state index contributed by atoms with van der Waals surface area (Å²) in [7, 11) is 2.08. The highest BCUT2D eigenvalue weighted by Crippen LogP contribution is 2.10. The zero-order valence-corrected chi connectivity index (χ0v) is 16.1. The van der Waals surface area contributed by atoms with Crippen LogP contribution in [-0.2, 0) is 11.3 Å². The van der Waals surface area contributed by atoms with Crippen molar-refractivity contribution >= 4 is 29.9 Å². The highest BCUT2D eigenvalue weighted by molar-refractivity contribution is 14.0. The number of rotatable bonds is 4. The molecular formula is C17H27IN4O. The van der Waals surface area contributed by atoms with Crippen molar-refractivity contribution in [2.24, 2.45) is 4.99 Å². The summed E-state index contributed by atoms with van der Waals surface area (Å²) in [4.78, 5) is 9.13. The Balaban J connectivity index is 0.00000192. The number of guanidine groups is 1. The molecule has 0 radical (unpaired) electrons. The van der Waals surface area contributed by atoms with Crippen LogP contribution in [0.1, 0.15) is 12.0 Å². The summed E-state index contributed by atoms with van der Waals surface area (Å²) in [6.07, 6.45) is 1.33. The first kappa shape index (κ1) is 18.5. The van der Waals surface area contributed by atoms with E-state index >= 15 is 0 Å². The third-order valence-electron chi connectivity index (χ3n) is 4.23. The third-order valence-corrected chi connectivity index (χ3v) is 4.23. The monoisotopic (exact) mass is 430 g/mol. The van der Waals surface area contributed by atoms with Crippen molar-refractivity contribution in [1.82, 2.24) is 15.1 Å². The van der Waals surface area contributed by atoms with Gasteiger partial charge in [0.05, 0.1) is 12.6 Å². The summed E-state index contributed by atoms with van der Waals surface area (Å²) in [5.41, 5.74) is 1.37. The number of benzene rings is 1. The second-order valence-electron chi connectivity index (χ2n) is 6.07. The second kappa shape index (κ2) is 9.44. The average molecular weight is 430 g/mol. The van der Waals surface area contributed by atoms with Gasteiger partial charge in [0.1, 0.15) is 0 Å². The fourth-order valence-corrected chi connectivity index (χ4v) is 3.01. The predicted octanol–water partition coefficient (Wildman–Crippen LogP) is 1.79. The maximum Gasteiger partial charge on any atom is 0.193 e. The van der Waals surface area contributed by atoms with Crippen LogP contribution >= 0.6 is 24.0 Å². The smallest absolute Gasteiger partial charge is 0.193 e. The molecule has 6 heteroatoms. The van der Waals surface area contributed by atoms with Gasteiger partial charge in [0.25, 0.3) is 0 Å². The third kappa shape index (κ3) is 5.61. The lowest BCUT2D eigenvalue weighted by molar-refractivity contribution is 0.0562. The van der Waals surface area contributed by atoms with E-state index in [1.807, 2.05) is 0 Å². The molecule has 0 aliphatic carbocycles. The van der Waals surface area contributed by atoms with E-state index < -0.39 is 0 Å². The van der Waals surface area contributed by atoms with E-state index in [9.17, 15) is 0 Å². The molecule has 0 aromatic heterocycles. The normalized spacial score (nSPS) is 22.2. The second-order valence-corrected chi connectivity index (χ2v) is 6.07. The minimum Gasteiger partial charge on any atom is -0.375 e. The van der Waals surface area contributed by atoms with Crippen molar-refractivity contribution in [3.8, 4) is 0 Å². The minimum atomic E-state index is 0. The molecule has 0 amide bonds. The van der Waals surface area contributed by atoms with Crippen molar-refractivity contribution in [2.75, 3.05) is 46.4 Å². The van der Waals surface area contributed by atoms with Crippen molar-refractivity contribution in [2.45, 2.75) is 19.1 Å². The van der Waals surface area contributed by atoms with Crippen molar-refractivity contribution in [3.63, 3.8) is 0 Å². The number of likely N-dealkylation sites (N-methyl/N-ethyl adjacent to an activating group) is 1. The Bertz CT molecular complexity index is 497. The number of hydrogen-bond acceptors (Lipinski definition) is 5. The molecule has 0 spiro atoms. The Hall–Kier alpha value is -0.860. The van der Waals surface area contributed by atoms with Crippen molar-refractivity contribution in [1.29, 1.82) is 0 Å².